The molecule has 0 aliphatic carbocycles. The van der Waals surface area contributed by atoms with Crippen LogP contribution in [0.3, 0.4) is 0 Å². The van der Waals surface area contributed by atoms with Crippen LogP contribution in [-0.4, -0.2) is 34.9 Å². The summed E-state index contributed by atoms with van der Waals surface area (Å²) in [6, 6.07) is 0. The zero-order valence-electron chi connectivity index (χ0n) is 11.1. The molecular formula is C13H25NOS. The quantitative estimate of drug-likeness (QED) is 0.740. The predicted octanol–water partition coefficient (Wildman–Crippen LogP) is 3.17. The van der Waals surface area contributed by atoms with Gasteiger partial charge in [-0.3, -0.25) is 9.69 Å². The van der Waals surface area contributed by atoms with Crippen LogP contribution in [0.2, 0.25) is 0 Å². The number of rotatable bonds is 5. The monoisotopic (exact) mass is 243 g/mol. The number of carbonyl (C=O) groups is 1. The first-order valence-corrected chi connectivity index (χ1v) is 7.39. The van der Waals surface area contributed by atoms with E-state index >= 15 is 0 Å². The summed E-state index contributed by atoms with van der Waals surface area (Å²) in [5.74, 6) is 1.56. The van der Waals surface area contributed by atoms with Crippen LogP contribution in [0, 0.1) is 5.41 Å². The van der Waals surface area contributed by atoms with Crippen molar-refractivity contribution in [3.63, 3.8) is 0 Å². The Balaban J connectivity index is 2.43. The summed E-state index contributed by atoms with van der Waals surface area (Å²) in [6.45, 7) is 9.99. The minimum absolute atomic E-state index is 0.192. The van der Waals surface area contributed by atoms with Crippen molar-refractivity contribution in [1.29, 1.82) is 0 Å². The fourth-order valence-corrected chi connectivity index (χ4v) is 3.14. The molecule has 0 aromatic carbocycles. The first-order chi connectivity index (χ1) is 7.45. The minimum Gasteiger partial charge on any atom is -0.298 e. The molecule has 0 aromatic rings. The number of ketones is 1. The lowest BCUT2D eigenvalue weighted by Crippen LogP contribution is -2.38. The largest absolute Gasteiger partial charge is 0.298 e. The normalized spacial score (nSPS) is 22.6. The molecule has 0 amide bonds. The zero-order chi connectivity index (χ0) is 12.2. The Hall–Kier alpha value is -0.0200. The molecule has 0 spiro atoms. The van der Waals surface area contributed by atoms with E-state index in [1.165, 1.54) is 25.0 Å². The second-order valence-corrected chi connectivity index (χ2v) is 6.90. The molecule has 1 saturated heterocycles. The summed E-state index contributed by atoms with van der Waals surface area (Å²) >= 11 is 2.02. The van der Waals surface area contributed by atoms with Crippen molar-refractivity contribution < 1.29 is 4.79 Å². The van der Waals surface area contributed by atoms with Crippen molar-refractivity contribution >= 4 is 17.5 Å². The van der Waals surface area contributed by atoms with E-state index < -0.39 is 0 Å². The topological polar surface area (TPSA) is 20.3 Å². The molecule has 0 bridgehead atoms. The van der Waals surface area contributed by atoms with Gasteiger partial charge in [-0.15, -0.1) is 11.8 Å². The summed E-state index contributed by atoms with van der Waals surface area (Å²) in [6.07, 6.45) is 3.76. The molecule has 2 nitrogen and oxygen atoms in total. The molecule has 0 N–H and O–H groups in total. The summed E-state index contributed by atoms with van der Waals surface area (Å²) in [7, 11) is 0. The van der Waals surface area contributed by atoms with E-state index in [2.05, 4.69) is 11.8 Å². The van der Waals surface area contributed by atoms with Gasteiger partial charge in [0.15, 0.2) is 5.78 Å². The molecule has 1 unspecified atom stereocenters. The van der Waals surface area contributed by atoms with Gasteiger partial charge in [-0.25, -0.2) is 0 Å². The van der Waals surface area contributed by atoms with Gasteiger partial charge in [-0.2, -0.15) is 0 Å². The Morgan fingerprint density at radius 3 is 2.69 bits per heavy atom. The maximum absolute atomic E-state index is 12.0. The van der Waals surface area contributed by atoms with Crippen LogP contribution >= 0.6 is 11.8 Å². The fraction of sp³-hybridized carbons (Fsp3) is 0.923. The van der Waals surface area contributed by atoms with Gasteiger partial charge in [0, 0.05) is 17.7 Å². The van der Waals surface area contributed by atoms with Crippen LogP contribution in [-0.2, 0) is 4.79 Å². The van der Waals surface area contributed by atoms with Crippen LogP contribution in [0.25, 0.3) is 0 Å². The summed E-state index contributed by atoms with van der Waals surface area (Å²) in [4.78, 5) is 14.4. The van der Waals surface area contributed by atoms with E-state index in [9.17, 15) is 4.79 Å². The molecular weight excluding hydrogens is 218 g/mol. The van der Waals surface area contributed by atoms with Crippen molar-refractivity contribution in [2.24, 2.45) is 5.41 Å². The highest BCUT2D eigenvalue weighted by Crippen LogP contribution is 2.28. The predicted molar refractivity (Wildman–Crippen MR) is 71.8 cm³/mol. The van der Waals surface area contributed by atoms with E-state index in [4.69, 9.17) is 0 Å². The number of Topliss-reactive ketones (excluding diaryl/α,β-unsaturated/α-hetero) is 1. The number of hydrogen-bond donors (Lipinski definition) is 0. The molecule has 1 atom stereocenters. The zero-order valence-corrected chi connectivity index (χ0v) is 11.9. The second-order valence-electron chi connectivity index (χ2n) is 5.61. The summed E-state index contributed by atoms with van der Waals surface area (Å²) in [5, 5.41) is 0.589. The number of carbonyl (C=O) groups excluding carboxylic acids is 1. The third-order valence-corrected chi connectivity index (χ3v) is 4.42. The Morgan fingerprint density at radius 2 is 2.12 bits per heavy atom. The molecule has 1 aliphatic heterocycles. The SMILES string of the molecule is CCCCC1SCCN1CC(=O)C(C)(C)C. The molecule has 16 heavy (non-hydrogen) atoms. The third kappa shape index (κ3) is 4.10. The van der Waals surface area contributed by atoms with Crippen molar-refractivity contribution in [3.05, 3.63) is 0 Å². The molecule has 94 valence electrons. The lowest BCUT2D eigenvalue weighted by atomic mass is 9.90. The van der Waals surface area contributed by atoms with Gasteiger partial charge in [0.25, 0.3) is 0 Å². The van der Waals surface area contributed by atoms with E-state index in [1.807, 2.05) is 32.5 Å². The van der Waals surface area contributed by atoms with Gasteiger partial charge in [-0.05, 0) is 6.42 Å². The maximum Gasteiger partial charge on any atom is 0.152 e. The van der Waals surface area contributed by atoms with Crippen LogP contribution in [0.1, 0.15) is 47.0 Å². The highest BCUT2D eigenvalue weighted by molar-refractivity contribution is 8.00. The third-order valence-electron chi connectivity index (χ3n) is 3.08. The Labute approximate surface area is 104 Å². The van der Waals surface area contributed by atoms with Gasteiger partial charge >= 0.3 is 0 Å². The van der Waals surface area contributed by atoms with Gasteiger partial charge in [0.2, 0.25) is 0 Å². The molecule has 0 aromatic heterocycles. The average Bonchev–Trinajstić information content (AvgIpc) is 2.61. The highest BCUT2D eigenvalue weighted by Gasteiger charge is 2.30. The van der Waals surface area contributed by atoms with Crippen molar-refractivity contribution in [2.45, 2.75) is 52.3 Å². The highest BCUT2D eigenvalue weighted by atomic mass is 32.2. The van der Waals surface area contributed by atoms with Crippen LogP contribution in [0.5, 0.6) is 0 Å². The average molecular weight is 243 g/mol. The fourth-order valence-electron chi connectivity index (χ4n) is 1.80. The Kier molecular flexibility index (Phi) is 5.32. The standard InChI is InChI=1S/C13H25NOS/c1-5-6-7-12-14(8-9-16-12)10-11(15)13(2,3)4/h12H,5-10H2,1-4H3. The molecule has 1 heterocycles. The molecule has 1 aliphatic rings. The second kappa shape index (κ2) is 6.06. The van der Waals surface area contributed by atoms with Gasteiger partial charge < -0.3 is 0 Å². The van der Waals surface area contributed by atoms with Gasteiger partial charge in [0.05, 0.1) is 11.9 Å². The molecule has 0 radical (unpaired) electrons. The van der Waals surface area contributed by atoms with Gasteiger partial charge in [0.1, 0.15) is 0 Å². The molecule has 1 rings (SSSR count). The van der Waals surface area contributed by atoms with Crippen molar-refractivity contribution in [3.8, 4) is 0 Å². The van der Waals surface area contributed by atoms with E-state index in [0.29, 0.717) is 17.7 Å². The van der Waals surface area contributed by atoms with Crippen LogP contribution < -0.4 is 0 Å². The number of unbranched alkanes of at least 4 members (excludes halogenated alkanes) is 1. The van der Waals surface area contributed by atoms with Crippen molar-refractivity contribution in [1.82, 2.24) is 4.90 Å². The molecule has 3 heteroatoms. The van der Waals surface area contributed by atoms with Gasteiger partial charge in [-0.1, -0.05) is 40.5 Å². The van der Waals surface area contributed by atoms with Crippen LogP contribution in [0.4, 0.5) is 0 Å². The number of thioether (sulfide) groups is 1. The molecule has 1 fully saturated rings. The van der Waals surface area contributed by atoms with E-state index in [1.54, 1.807) is 0 Å². The lowest BCUT2D eigenvalue weighted by Gasteiger charge is -2.26. The summed E-state index contributed by atoms with van der Waals surface area (Å²) in [5.41, 5.74) is -0.192. The number of hydrogen-bond acceptors (Lipinski definition) is 3. The van der Waals surface area contributed by atoms with Crippen molar-refractivity contribution in [2.75, 3.05) is 18.8 Å². The molecule has 0 saturated carbocycles. The Morgan fingerprint density at radius 1 is 1.44 bits per heavy atom. The Bertz CT molecular complexity index is 235. The summed E-state index contributed by atoms with van der Waals surface area (Å²) < 4.78 is 0. The smallest absolute Gasteiger partial charge is 0.152 e. The minimum atomic E-state index is -0.192. The lowest BCUT2D eigenvalue weighted by molar-refractivity contribution is -0.127. The van der Waals surface area contributed by atoms with Crippen LogP contribution in [0.15, 0.2) is 0 Å². The maximum atomic E-state index is 12.0. The first kappa shape index (κ1) is 14.0. The first-order valence-electron chi connectivity index (χ1n) is 6.34. The number of nitrogens with zero attached hydrogens (tertiary/aromatic N) is 1. The van der Waals surface area contributed by atoms with E-state index in [0.717, 1.165) is 6.54 Å². The van der Waals surface area contributed by atoms with E-state index in [-0.39, 0.29) is 5.41 Å².